The normalized spacial score (nSPS) is 12.5. The van der Waals surface area contributed by atoms with E-state index in [-0.39, 0.29) is 0 Å². The number of allylic oxidation sites excluding steroid dienone is 2. The molecule has 17 heavy (non-hydrogen) atoms. The van der Waals surface area contributed by atoms with E-state index in [0.29, 0.717) is 25.9 Å². The molecule has 0 heterocycles. The third-order valence-corrected chi connectivity index (χ3v) is 2.57. The van der Waals surface area contributed by atoms with E-state index >= 15 is 0 Å². The van der Waals surface area contributed by atoms with Gasteiger partial charge in [0.15, 0.2) is 0 Å². The largest absolute Gasteiger partial charge is 0.382 e. The Labute approximate surface area is 106 Å². The van der Waals surface area contributed by atoms with E-state index in [1.807, 2.05) is 0 Å². The molecule has 0 radical (unpaired) electrons. The SMILES string of the molecule is COCCOCOCCC(C)CCC=C(C)C. The first-order chi connectivity index (χ1) is 8.16. The lowest BCUT2D eigenvalue weighted by molar-refractivity contribution is -0.0681. The van der Waals surface area contributed by atoms with E-state index in [2.05, 4.69) is 26.8 Å². The fourth-order valence-electron chi connectivity index (χ4n) is 1.40. The molecule has 0 aliphatic heterocycles. The molecular weight excluding hydrogens is 216 g/mol. The molecule has 0 saturated heterocycles. The fourth-order valence-corrected chi connectivity index (χ4v) is 1.40. The molecule has 1 atom stereocenters. The predicted octanol–water partition coefficient (Wildman–Crippen LogP) is 3.40. The van der Waals surface area contributed by atoms with Crippen LogP contribution in [-0.4, -0.2) is 33.7 Å². The number of hydrogen-bond acceptors (Lipinski definition) is 3. The Morgan fingerprint density at radius 1 is 1.06 bits per heavy atom. The Balaban J connectivity index is 3.21. The van der Waals surface area contributed by atoms with E-state index < -0.39 is 0 Å². The lowest BCUT2D eigenvalue weighted by Crippen LogP contribution is -2.08. The molecule has 0 fully saturated rings. The minimum absolute atomic E-state index is 0.379. The minimum atomic E-state index is 0.379. The summed E-state index contributed by atoms with van der Waals surface area (Å²) in [7, 11) is 1.67. The van der Waals surface area contributed by atoms with Gasteiger partial charge in [-0.05, 0) is 39.0 Å². The van der Waals surface area contributed by atoms with Gasteiger partial charge in [-0.3, -0.25) is 0 Å². The first-order valence-corrected chi connectivity index (χ1v) is 6.44. The highest BCUT2D eigenvalue weighted by atomic mass is 16.7. The standard InChI is InChI=1S/C14H28O3/c1-13(2)6-5-7-14(3)8-9-16-12-17-11-10-15-4/h6,14H,5,7-12H2,1-4H3. The predicted molar refractivity (Wildman–Crippen MR) is 71.1 cm³/mol. The van der Waals surface area contributed by atoms with Crippen LogP contribution in [0.25, 0.3) is 0 Å². The minimum Gasteiger partial charge on any atom is -0.382 e. The van der Waals surface area contributed by atoms with Crippen LogP contribution in [0.15, 0.2) is 11.6 Å². The number of methoxy groups -OCH3 is 1. The molecule has 1 unspecified atom stereocenters. The van der Waals surface area contributed by atoms with Gasteiger partial charge >= 0.3 is 0 Å². The summed E-state index contributed by atoms with van der Waals surface area (Å²) >= 11 is 0. The topological polar surface area (TPSA) is 27.7 Å². The van der Waals surface area contributed by atoms with Gasteiger partial charge in [-0.1, -0.05) is 18.6 Å². The molecule has 0 aliphatic rings. The Bertz CT molecular complexity index is 186. The van der Waals surface area contributed by atoms with Gasteiger partial charge in [0.25, 0.3) is 0 Å². The molecular formula is C14H28O3. The molecule has 0 aromatic heterocycles. The van der Waals surface area contributed by atoms with Gasteiger partial charge in [0.2, 0.25) is 0 Å². The van der Waals surface area contributed by atoms with Gasteiger partial charge < -0.3 is 14.2 Å². The summed E-state index contributed by atoms with van der Waals surface area (Å²) < 4.78 is 15.5. The highest BCUT2D eigenvalue weighted by Crippen LogP contribution is 2.11. The van der Waals surface area contributed by atoms with Gasteiger partial charge in [0.1, 0.15) is 6.79 Å². The Morgan fingerprint density at radius 3 is 2.41 bits per heavy atom. The number of hydrogen-bond donors (Lipinski definition) is 0. The highest BCUT2D eigenvalue weighted by molar-refractivity contribution is 4.92. The van der Waals surface area contributed by atoms with E-state index in [1.54, 1.807) is 7.11 Å². The second kappa shape index (κ2) is 12.1. The third-order valence-electron chi connectivity index (χ3n) is 2.57. The lowest BCUT2D eigenvalue weighted by Gasteiger charge is -2.10. The molecule has 0 spiro atoms. The van der Waals surface area contributed by atoms with Crippen LogP contribution in [0.5, 0.6) is 0 Å². The van der Waals surface area contributed by atoms with Crippen LogP contribution in [0.3, 0.4) is 0 Å². The van der Waals surface area contributed by atoms with Gasteiger partial charge in [-0.15, -0.1) is 0 Å². The number of ether oxygens (including phenoxy) is 3. The van der Waals surface area contributed by atoms with Crippen molar-refractivity contribution in [2.24, 2.45) is 5.92 Å². The van der Waals surface area contributed by atoms with E-state index in [0.717, 1.165) is 13.0 Å². The van der Waals surface area contributed by atoms with E-state index in [9.17, 15) is 0 Å². The Morgan fingerprint density at radius 2 is 1.76 bits per heavy atom. The van der Waals surface area contributed by atoms with Crippen molar-refractivity contribution in [1.82, 2.24) is 0 Å². The van der Waals surface area contributed by atoms with E-state index in [1.165, 1.54) is 18.4 Å². The second-order valence-electron chi connectivity index (χ2n) is 4.68. The molecule has 0 rings (SSSR count). The number of rotatable bonds is 11. The van der Waals surface area contributed by atoms with Crippen molar-refractivity contribution in [2.45, 2.75) is 40.0 Å². The second-order valence-corrected chi connectivity index (χ2v) is 4.68. The highest BCUT2D eigenvalue weighted by Gasteiger charge is 2.00. The molecule has 0 amide bonds. The first kappa shape index (κ1) is 16.6. The summed E-state index contributed by atoms with van der Waals surface area (Å²) in [6.07, 6.45) is 5.81. The molecule has 102 valence electrons. The smallest absolute Gasteiger partial charge is 0.146 e. The van der Waals surface area contributed by atoms with E-state index in [4.69, 9.17) is 14.2 Å². The van der Waals surface area contributed by atoms with Crippen LogP contribution in [0.2, 0.25) is 0 Å². The summed E-state index contributed by atoms with van der Waals surface area (Å²) in [4.78, 5) is 0. The fraction of sp³-hybridized carbons (Fsp3) is 0.857. The van der Waals surface area contributed by atoms with Gasteiger partial charge in [-0.25, -0.2) is 0 Å². The monoisotopic (exact) mass is 244 g/mol. The maximum absolute atomic E-state index is 5.39. The summed E-state index contributed by atoms with van der Waals surface area (Å²) in [6, 6.07) is 0. The summed E-state index contributed by atoms with van der Waals surface area (Å²) in [5, 5.41) is 0. The average molecular weight is 244 g/mol. The van der Waals surface area contributed by atoms with Crippen molar-refractivity contribution >= 4 is 0 Å². The van der Waals surface area contributed by atoms with Gasteiger partial charge in [0, 0.05) is 13.7 Å². The van der Waals surface area contributed by atoms with Crippen LogP contribution >= 0.6 is 0 Å². The van der Waals surface area contributed by atoms with Crippen LogP contribution < -0.4 is 0 Å². The van der Waals surface area contributed by atoms with Gasteiger partial charge in [-0.2, -0.15) is 0 Å². The quantitative estimate of drug-likeness (QED) is 0.317. The third kappa shape index (κ3) is 13.6. The van der Waals surface area contributed by atoms with Crippen molar-refractivity contribution < 1.29 is 14.2 Å². The molecule has 0 aromatic carbocycles. The molecule has 0 aromatic rings. The van der Waals surface area contributed by atoms with Crippen molar-refractivity contribution in [3.05, 3.63) is 11.6 Å². The van der Waals surface area contributed by atoms with Crippen molar-refractivity contribution in [3.8, 4) is 0 Å². The average Bonchev–Trinajstić information content (AvgIpc) is 2.27. The Hall–Kier alpha value is -0.380. The summed E-state index contributed by atoms with van der Waals surface area (Å²) in [5.41, 5.74) is 1.40. The molecule has 0 bridgehead atoms. The molecule has 3 nitrogen and oxygen atoms in total. The van der Waals surface area contributed by atoms with Crippen LogP contribution in [0.1, 0.15) is 40.0 Å². The summed E-state index contributed by atoms with van der Waals surface area (Å²) in [5.74, 6) is 0.713. The lowest BCUT2D eigenvalue weighted by atomic mass is 10.0. The van der Waals surface area contributed by atoms with Gasteiger partial charge in [0.05, 0.1) is 13.2 Å². The zero-order valence-corrected chi connectivity index (χ0v) is 11.8. The van der Waals surface area contributed by atoms with Crippen molar-refractivity contribution in [1.29, 1.82) is 0 Å². The molecule has 0 aliphatic carbocycles. The summed E-state index contributed by atoms with van der Waals surface area (Å²) in [6.45, 7) is 8.95. The van der Waals surface area contributed by atoms with Crippen LogP contribution in [-0.2, 0) is 14.2 Å². The first-order valence-electron chi connectivity index (χ1n) is 6.44. The maximum Gasteiger partial charge on any atom is 0.146 e. The molecule has 0 saturated carbocycles. The van der Waals surface area contributed by atoms with Crippen molar-refractivity contribution in [3.63, 3.8) is 0 Å². The van der Waals surface area contributed by atoms with Crippen molar-refractivity contribution in [2.75, 3.05) is 33.7 Å². The zero-order chi connectivity index (χ0) is 12.9. The van der Waals surface area contributed by atoms with Crippen LogP contribution in [0, 0.1) is 5.92 Å². The Kier molecular flexibility index (Phi) is 11.8. The van der Waals surface area contributed by atoms with Crippen LogP contribution in [0.4, 0.5) is 0 Å². The zero-order valence-electron chi connectivity index (χ0n) is 11.8. The molecule has 3 heteroatoms. The maximum atomic E-state index is 5.39. The molecule has 0 N–H and O–H groups in total.